The highest BCUT2D eigenvalue weighted by atomic mass is 35.5. The number of hydrogen-bond donors (Lipinski definition) is 1. The van der Waals surface area contributed by atoms with Crippen molar-refractivity contribution in [3.8, 4) is 0 Å². The number of hydrogen-bond acceptors (Lipinski definition) is 2. The van der Waals surface area contributed by atoms with Gasteiger partial charge >= 0.3 is 0 Å². The van der Waals surface area contributed by atoms with E-state index in [-0.39, 0.29) is 18.3 Å². The topological polar surface area (TPSA) is 32.3 Å². The lowest BCUT2D eigenvalue weighted by molar-refractivity contribution is -0.124. The van der Waals surface area contributed by atoms with Crippen molar-refractivity contribution in [1.82, 2.24) is 5.32 Å². The van der Waals surface area contributed by atoms with Crippen LogP contribution in [0.2, 0.25) is 0 Å². The largest absolute Gasteiger partial charge is 0.310 e. The minimum atomic E-state index is -0.450. The number of piperazine rings is 1. The summed E-state index contributed by atoms with van der Waals surface area (Å²) in [6, 6.07) is 9.81. The Morgan fingerprint density at radius 2 is 1.88 bits per heavy atom. The fourth-order valence-corrected chi connectivity index (χ4v) is 1.85. The van der Waals surface area contributed by atoms with Crippen LogP contribution in [0.1, 0.15) is 13.8 Å². The molecule has 16 heavy (non-hydrogen) atoms. The van der Waals surface area contributed by atoms with Gasteiger partial charge in [0.2, 0.25) is 5.91 Å². The van der Waals surface area contributed by atoms with Gasteiger partial charge in [0, 0.05) is 18.8 Å². The van der Waals surface area contributed by atoms with Crippen LogP contribution in [0.25, 0.3) is 0 Å². The molecular weight excluding hydrogens is 224 g/mol. The Labute approximate surface area is 102 Å². The molecule has 1 aromatic carbocycles. The lowest BCUT2D eigenvalue weighted by atomic mass is 10.0. The van der Waals surface area contributed by atoms with Gasteiger partial charge in [0.05, 0.1) is 5.54 Å². The SMILES string of the molecule is CC1(C)NCCN(c2ccccc2)C1=O.Cl. The highest BCUT2D eigenvalue weighted by molar-refractivity contribution is 6.00. The number of halogens is 1. The molecule has 1 aliphatic heterocycles. The minimum absolute atomic E-state index is 0. The normalized spacial score (nSPS) is 19.1. The summed E-state index contributed by atoms with van der Waals surface area (Å²) in [7, 11) is 0. The Kier molecular flexibility index (Phi) is 3.94. The minimum Gasteiger partial charge on any atom is -0.310 e. The summed E-state index contributed by atoms with van der Waals surface area (Å²) in [5, 5.41) is 3.22. The van der Waals surface area contributed by atoms with Gasteiger partial charge in [0.1, 0.15) is 0 Å². The van der Waals surface area contributed by atoms with Crippen LogP contribution >= 0.6 is 12.4 Å². The average molecular weight is 241 g/mol. The predicted molar refractivity (Wildman–Crippen MR) is 68.1 cm³/mol. The molecule has 1 saturated heterocycles. The van der Waals surface area contributed by atoms with Gasteiger partial charge in [-0.05, 0) is 26.0 Å². The Bertz CT molecular complexity index is 365. The van der Waals surface area contributed by atoms with Gasteiger partial charge in [-0.1, -0.05) is 18.2 Å². The van der Waals surface area contributed by atoms with Gasteiger partial charge < -0.3 is 10.2 Å². The van der Waals surface area contributed by atoms with Crippen LogP contribution in [0, 0.1) is 0 Å². The molecule has 4 heteroatoms. The Morgan fingerprint density at radius 1 is 1.25 bits per heavy atom. The van der Waals surface area contributed by atoms with Gasteiger partial charge in [-0.2, -0.15) is 0 Å². The van der Waals surface area contributed by atoms with E-state index in [0.29, 0.717) is 0 Å². The molecule has 0 saturated carbocycles. The first-order valence-corrected chi connectivity index (χ1v) is 5.23. The van der Waals surface area contributed by atoms with Gasteiger partial charge in [-0.25, -0.2) is 0 Å². The molecule has 0 aliphatic carbocycles. The number of amides is 1. The molecule has 1 fully saturated rings. The molecule has 0 radical (unpaired) electrons. The summed E-state index contributed by atoms with van der Waals surface area (Å²) in [6.07, 6.45) is 0. The van der Waals surface area contributed by atoms with Crippen LogP contribution in [0.3, 0.4) is 0 Å². The van der Waals surface area contributed by atoms with E-state index in [2.05, 4.69) is 5.32 Å². The predicted octanol–water partition coefficient (Wildman–Crippen LogP) is 1.82. The van der Waals surface area contributed by atoms with Crippen molar-refractivity contribution in [2.45, 2.75) is 19.4 Å². The summed E-state index contributed by atoms with van der Waals surface area (Å²) in [5.41, 5.74) is 0.533. The zero-order valence-corrected chi connectivity index (χ0v) is 10.4. The molecule has 1 heterocycles. The third kappa shape index (κ3) is 2.36. The van der Waals surface area contributed by atoms with Crippen molar-refractivity contribution in [3.63, 3.8) is 0 Å². The van der Waals surface area contributed by atoms with Gasteiger partial charge in [-0.15, -0.1) is 12.4 Å². The summed E-state index contributed by atoms with van der Waals surface area (Å²) in [4.78, 5) is 14.0. The number of carbonyl (C=O) groups excluding carboxylic acids is 1. The third-order valence-electron chi connectivity index (χ3n) is 2.75. The Hall–Kier alpha value is -1.06. The molecule has 1 aromatic rings. The molecule has 2 rings (SSSR count). The maximum Gasteiger partial charge on any atom is 0.246 e. The van der Waals surface area contributed by atoms with E-state index < -0.39 is 5.54 Å². The number of nitrogens with one attached hydrogen (secondary N) is 1. The summed E-state index contributed by atoms with van der Waals surface area (Å²) in [6.45, 7) is 5.43. The number of anilines is 1. The number of rotatable bonds is 1. The van der Waals surface area contributed by atoms with Crippen LogP contribution in [0.15, 0.2) is 30.3 Å². The van der Waals surface area contributed by atoms with Crippen LogP contribution in [0.5, 0.6) is 0 Å². The molecule has 0 unspecified atom stereocenters. The van der Waals surface area contributed by atoms with E-state index in [4.69, 9.17) is 0 Å². The highest BCUT2D eigenvalue weighted by Crippen LogP contribution is 2.20. The molecule has 0 atom stereocenters. The zero-order chi connectivity index (χ0) is 10.9. The summed E-state index contributed by atoms with van der Waals surface area (Å²) >= 11 is 0. The van der Waals surface area contributed by atoms with Crippen LogP contribution in [-0.4, -0.2) is 24.5 Å². The number of para-hydroxylation sites is 1. The van der Waals surface area contributed by atoms with Crippen LogP contribution in [0.4, 0.5) is 5.69 Å². The first-order chi connectivity index (χ1) is 7.11. The van der Waals surface area contributed by atoms with Crippen molar-refractivity contribution < 1.29 is 4.79 Å². The quantitative estimate of drug-likeness (QED) is 0.812. The van der Waals surface area contributed by atoms with Gasteiger partial charge in [0.25, 0.3) is 0 Å². The second-order valence-corrected chi connectivity index (χ2v) is 4.34. The number of benzene rings is 1. The summed E-state index contributed by atoms with van der Waals surface area (Å²) in [5.74, 6) is 0.139. The molecule has 1 N–H and O–H groups in total. The standard InChI is InChI=1S/C12H16N2O.ClH/c1-12(2)11(15)14(9-8-13-12)10-6-4-3-5-7-10;/h3-7,13H,8-9H2,1-2H3;1H. The lowest BCUT2D eigenvalue weighted by Gasteiger charge is -2.38. The zero-order valence-electron chi connectivity index (χ0n) is 9.56. The maximum atomic E-state index is 12.1. The molecule has 0 spiro atoms. The van der Waals surface area contributed by atoms with Crippen molar-refractivity contribution >= 4 is 24.0 Å². The van der Waals surface area contributed by atoms with E-state index in [1.54, 1.807) is 0 Å². The van der Waals surface area contributed by atoms with Gasteiger partial charge in [-0.3, -0.25) is 4.79 Å². The first-order valence-electron chi connectivity index (χ1n) is 5.23. The Balaban J connectivity index is 0.00000128. The average Bonchev–Trinajstić information content (AvgIpc) is 2.23. The lowest BCUT2D eigenvalue weighted by Crippen LogP contribution is -2.61. The van der Waals surface area contributed by atoms with Crippen molar-refractivity contribution in [2.75, 3.05) is 18.0 Å². The molecule has 3 nitrogen and oxygen atoms in total. The van der Waals surface area contributed by atoms with E-state index >= 15 is 0 Å². The fraction of sp³-hybridized carbons (Fsp3) is 0.417. The molecule has 0 aromatic heterocycles. The molecule has 0 bridgehead atoms. The molecular formula is C12H17ClN2O. The fourth-order valence-electron chi connectivity index (χ4n) is 1.85. The van der Waals surface area contributed by atoms with E-state index in [0.717, 1.165) is 18.8 Å². The van der Waals surface area contributed by atoms with Crippen LogP contribution in [-0.2, 0) is 4.79 Å². The molecule has 1 aliphatic rings. The third-order valence-corrected chi connectivity index (χ3v) is 2.75. The van der Waals surface area contributed by atoms with Crippen molar-refractivity contribution in [3.05, 3.63) is 30.3 Å². The molecule has 88 valence electrons. The monoisotopic (exact) mass is 240 g/mol. The Morgan fingerprint density at radius 3 is 2.50 bits per heavy atom. The molecule has 1 amide bonds. The van der Waals surface area contributed by atoms with E-state index in [1.165, 1.54) is 0 Å². The smallest absolute Gasteiger partial charge is 0.246 e. The van der Waals surface area contributed by atoms with Crippen molar-refractivity contribution in [1.29, 1.82) is 0 Å². The summed E-state index contributed by atoms with van der Waals surface area (Å²) < 4.78 is 0. The second-order valence-electron chi connectivity index (χ2n) is 4.34. The number of nitrogens with zero attached hydrogens (tertiary/aromatic N) is 1. The maximum absolute atomic E-state index is 12.1. The van der Waals surface area contributed by atoms with Gasteiger partial charge in [0.15, 0.2) is 0 Å². The highest BCUT2D eigenvalue weighted by Gasteiger charge is 2.35. The first kappa shape index (κ1) is 13.0. The second kappa shape index (κ2) is 4.85. The van der Waals surface area contributed by atoms with Crippen LogP contribution < -0.4 is 10.2 Å². The van der Waals surface area contributed by atoms with E-state index in [1.807, 2.05) is 49.1 Å². The van der Waals surface area contributed by atoms with E-state index in [9.17, 15) is 4.79 Å². The number of carbonyl (C=O) groups is 1. The van der Waals surface area contributed by atoms with Crippen molar-refractivity contribution in [2.24, 2.45) is 0 Å².